The molecule has 3 aromatic rings. The van der Waals surface area contributed by atoms with Gasteiger partial charge in [0.25, 0.3) is 6.01 Å². The molecule has 0 fully saturated rings. The molecular weight excluding hydrogens is 332 g/mol. The number of aromatic nitrogens is 4. The van der Waals surface area contributed by atoms with E-state index in [0.717, 1.165) is 34.4 Å². The van der Waals surface area contributed by atoms with E-state index in [2.05, 4.69) is 16.9 Å². The maximum absolute atomic E-state index is 5.54. The van der Waals surface area contributed by atoms with Gasteiger partial charge in [-0.2, -0.15) is 4.98 Å². The lowest BCUT2D eigenvalue weighted by Crippen LogP contribution is -2.15. The quantitative estimate of drug-likeness (QED) is 0.646. The third kappa shape index (κ3) is 3.10. The molecule has 0 aliphatic carbocycles. The predicted molar refractivity (Wildman–Crippen MR) is 99.8 cm³/mol. The topological polar surface area (TPSA) is 71.3 Å². The summed E-state index contributed by atoms with van der Waals surface area (Å²) in [6, 6.07) is 6.42. The molecule has 0 N–H and O–H groups in total. The first-order valence-electron chi connectivity index (χ1n) is 8.56. The summed E-state index contributed by atoms with van der Waals surface area (Å²) in [5, 5.41) is 0. The van der Waals surface area contributed by atoms with Gasteiger partial charge in [0.05, 0.1) is 26.9 Å². The lowest BCUT2D eigenvalue weighted by molar-refractivity contribution is 0.149. The smallest absolute Gasteiger partial charge is 0.298 e. The van der Waals surface area contributed by atoms with Crippen LogP contribution in [0.2, 0.25) is 0 Å². The number of hydrogen-bond acceptors (Lipinski definition) is 6. The highest BCUT2D eigenvalue weighted by molar-refractivity contribution is 5.91. The Morgan fingerprint density at radius 2 is 1.85 bits per heavy atom. The van der Waals surface area contributed by atoms with Crippen molar-refractivity contribution in [3.63, 3.8) is 0 Å². The van der Waals surface area contributed by atoms with Crippen LogP contribution in [0.5, 0.6) is 11.9 Å². The van der Waals surface area contributed by atoms with Crippen LogP contribution in [0, 0.1) is 6.92 Å². The summed E-state index contributed by atoms with van der Waals surface area (Å²) in [7, 11) is 4.93. The fourth-order valence-corrected chi connectivity index (χ4v) is 3.16. The summed E-state index contributed by atoms with van der Waals surface area (Å²) in [5.41, 5.74) is 4.39. The molecule has 0 aromatic carbocycles. The minimum atomic E-state index is 0.0952. The van der Waals surface area contributed by atoms with Gasteiger partial charge < -0.3 is 14.2 Å². The third-order valence-corrected chi connectivity index (χ3v) is 4.48. The van der Waals surface area contributed by atoms with E-state index in [1.807, 2.05) is 29.7 Å². The summed E-state index contributed by atoms with van der Waals surface area (Å²) in [6.07, 6.45) is 2.67. The standard InChI is InChI=1S/C19H24N4O3/c1-6-13(11-24-3)23-18-17(22-19(23)26-5)15(9-10-20-18)14-7-8-16(25-4)21-12(14)2/h7-10,13H,6,11H2,1-5H3. The second-order valence-corrected chi connectivity index (χ2v) is 6.00. The number of ether oxygens (including phenoxy) is 3. The number of aryl methyl sites for hydroxylation is 1. The Hall–Kier alpha value is -2.67. The molecule has 0 bridgehead atoms. The minimum absolute atomic E-state index is 0.0952. The Bertz CT molecular complexity index is 907. The first-order valence-corrected chi connectivity index (χ1v) is 8.56. The van der Waals surface area contributed by atoms with Crippen molar-refractivity contribution in [3.8, 4) is 23.0 Å². The minimum Gasteiger partial charge on any atom is -0.481 e. The maximum atomic E-state index is 5.54. The first-order chi connectivity index (χ1) is 12.6. The second-order valence-electron chi connectivity index (χ2n) is 6.00. The van der Waals surface area contributed by atoms with Crippen LogP contribution in [-0.2, 0) is 4.74 Å². The van der Waals surface area contributed by atoms with Gasteiger partial charge in [0.15, 0.2) is 5.65 Å². The normalized spacial score (nSPS) is 12.3. The Morgan fingerprint density at radius 1 is 1.04 bits per heavy atom. The molecular formula is C19H24N4O3. The molecule has 1 atom stereocenters. The molecule has 3 rings (SSSR count). The number of fused-ring (bicyclic) bond motifs is 1. The Kier molecular flexibility index (Phi) is 5.37. The molecule has 0 saturated heterocycles. The largest absolute Gasteiger partial charge is 0.481 e. The van der Waals surface area contributed by atoms with Crippen LogP contribution in [-0.4, -0.2) is 47.5 Å². The van der Waals surface area contributed by atoms with Gasteiger partial charge in [0, 0.05) is 36.2 Å². The van der Waals surface area contributed by atoms with E-state index in [4.69, 9.17) is 19.2 Å². The molecule has 0 radical (unpaired) electrons. The molecule has 0 aliphatic heterocycles. The number of imidazole rings is 1. The van der Waals surface area contributed by atoms with Crippen molar-refractivity contribution in [2.45, 2.75) is 26.3 Å². The zero-order valence-electron chi connectivity index (χ0n) is 15.8. The summed E-state index contributed by atoms with van der Waals surface area (Å²) in [6.45, 7) is 4.63. The average molecular weight is 356 g/mol. The van der Waals surface area contributed by atoms with Crippen LogP contribution < -0.4 is 9.47 Å². The van der Waals surface area contributed by atoms with Gasteiger partial charge in [-0.15, -0.1) is 0 Å². The maximum Gasteiger partial charge on any atom is 0.298 e. The van der Waals surface area contributed by atoms with Crippen molar-refractivity contribution in [1.29, 1.82) is 0 Å². The Balaban J connectivity index is 2.22. The van der Waals surface area contributed by atoms with Gasteiger partial charge in [-0.1, -0.05) is 6.92 Å². The second kappa shape index (κ2) is 7.70. The first kappa shape index (κ1) is 18.1. The summed E-state index contributed by atoms with van der Waals surface area (Å²) < 4.78 is 18.1. The van der Waals surface area contributed by atoms with Gasteiger partial charge in [0.1, 0.15) is 5.52 Å². The van der Waals surface area contributed by atoms with Gasteiger partial charge in [-0.05, 0) is 25.5 Å². The predicted octanol–water partition coefficient (Wildman–Crippen LogP) is 3.42. The third-order valence-electron chi connectivity index (χ3n) is 4.48. The summed E-state index contributed by atoms with van der Waals surface area (Å²) in [4.78, 5) is 13.8. The van der Waals surface area contributed by atoms with E-state index in [-0.39, 0.29) is 6.04 Å². The molecule has 138 valence electrons. The van der Waals surface area contributed by atoms with E-state index < -0.39 is 0 Å². The fraction of sp³-hybridized carbons (Fsp3) is 0.421. The molecule has 3 heterocycles. The average Bonchev–Trinajstić information content (AvgIpc) is 3.04. The fourth-order valence-electron chi connectivity index (χ4n) is 3.16. The van der Waals surface area contributed by atoms with Crippen LogP contribution in [0.1, 0.15) is 25.1 Å². The zero-order valence-corrected chi connectivity index (χ0v) is 15.8. The van der Waals surface area contributed by atoms with Crippen molar-refractivity contribution in [1.82, 2.24) is 19.5 Å². The lowest BCUT2D eigenvalue weighted by Gasteiger charge is -2.18. The van der Waals surface area contributed by atoms with Crippen LogP contribution in [0.4, 0.5) is 0 Å². The van der Waals surface area contributed by atoms with Crippen molar-refractivity contribution in [2.75, 3.05) is 27.9 Å². The molecule has 0 saturated carbocycles. The lowest BCUT2D eigenvalue weighted by atomic mass is 10.0. The van der Waals surface area contributed by atoms with Gasteiger partial charge in [-0.25, -0.2) is 9.97 Å². The molecule has 26 heavy (non-hydrogen) atoms. The number of hydrogen-bond donors (Lipinski definition) is 0. The van der Waals surface area contributed by atoms with Crippen molar-refractivity contribution in [3.05, 3.63) is 30.1 Å². The Labute approximate surface area is 153 Å². The van der Waals surface area contributed by atoms with Crippen molar-refractivity contribution < 1.29 is 14.2 Å². The van der Waals surface area contributed by atoms with Crippen molar-refractivity contribution >= 4 is 11.2 Å². The number of rotatable bonds is 7. The molecule has 0 amide bonds. The van der Waals surface area contributed by atoms with E-state index in [1.165, 1.54) is 0 Å². The SMILES string of the molecule is CCC(COC)n1c(OC)nc2c(-c3ccc(OC)nc3C)ccnc21. The highest BCUT2D eigenvalue weighted by atomic mass is 16.5. The molecule has 3 aromatic heterocycles. The molecule has 0 aliphatic rings. The van der Waals surface area contributed by atoms with Crippen LogP contribution in [0.3, 0.4) is 0 Å². The number of pyridine rings is 2. The highest BCUT2D eigenvalue weighted by Crippen LogP contribution is 2.34. The van der Waals surface area contributed by atoms with Crippen molar-refractivity contribution in [2.24, 2.45) is 0 Å². The van der Waals surface area contributed by atoms with E-state index >= 15 is 0 Å². The zero-order chi connectivity index (χ0) is 18.7. The highest BCUT2D eigenvalue weighted by Gasteiger charge is 2.22. The van der Waals surface area contributed by atoms with Gasteiger partial charge >= 0.3 is 0 Å². The van der Waals surface area contributed by atoms with E-state index in [9.17, 15) is 0 Å². The van der Waals surface area contributed by atoms with E-state index in [0.29, 0.717) is 18.5 Å². The molecule has 7 heteroatoms. The molecule has 1 unspecified atom stereocenters. The van der Waals surface area contributed by atoms with Gasteiger partial charge in [0.2, 0.25) is 5.88 Å². The van der Waals surface area contributed by atoms with E-state index in [1.54, 1.807) is 27.5 Å². The summed E-state index contributed by atoms with van der Waals surface area (Å²) in [5.74, 6) is 0.589. The molecule has 0 spiro atoms. The monoisotopic (exact) mass is 356 g/mol. The van der Waals surface area contributed by atoms with Crippen LogP contribution in [0.15, 0.2) is 24.4 Å². The Morgan fingerprint density at radius 3 is 2.46 bits per heavy atom. The summed E-state index contributed by atoms with van der Waals surface area (Å²) >= 11 is 0. The van der Waals surface area contributed by atoms with Crippen LogP contribution >= 0.6 is 0 Å². The number of methoxy groups -OCH3 is 3. The van der Waals surface area contributed by atoms with Crippen LogP contribution in [0.25, 0.3) is 22.3 Å². The van der Waals surface area contributed by atoms with Gasteiger partial charge in [-0.3, -0.25) is 4.57 Å². The number of nitrogens with zero attached hydrogens (tertiary/aromatic N) is 4. The molecule has 7 nitrogen and oxygen atoms in total.